The van der Waals surface area contributed by atoms with Gasteiger partial charge in [0.25, 0.3) is 0 Å². The summed E-state index contributed by atoms with van der Waals surface area (Å²) in [5.41, 5.74) is 4.97. The number of fused-ring (bicyclic) bond motifs is 3. The van der Waals surface area contributed by atoms with Crippen molar-refractivity contribution < 1.29 is 0 Å². The van der Waals surface area contributed by atoms with Crippen molar-refractivity contribution in [1.29, 1.82) is 0 Å². The molecule has 2 heteroatoms. The molecular weight excluding hydrogens is 244 g/mol. The second-order valence-corrected chi connectivity index (χ2v) is 4.50. The molecule has 0 saturated heterocycles. The Hall–Kier alpha value is -2.74. The van der Waals surface area contributed by atoms with E-state index in [0.29, 0.717) is 0 Å². The zero-order chi connectivity index (χ0) is 13.6. The molecule has 0 aliphatic carbocycles. The van der Waals surface area contributed by atoms with Gasteiger partial charge in [-0.1, -0.05) is 42.5 Å². The Morgan fingerprint density at radius 1 is 0.650 bits per heavy atom. The molecule has 3 aromatic rings. The van der Waals surface area contributed by atoms with Gasteiger partial charge in [0.05, 0.1) is 0 Å². The highest BCUT2D eigenvalue weighted by atomic mass is 14.8. The number of benzene rings is 2. The van der Waals surface area contributed by atoms with E-state index in [9.17, 15) is 0 Å². The summed E-state index contributed by atoms with van der Waals surface area (Å²) in [6.45, 7) is 0. The zero-order valence-corrected chi connectivity index (χ0v) is 11.1. The molecule has 0 bridgehead atoms. The predicted molar refractivity (Wildman–Crippen MR) is 85.3 cm³/mol. The number of aromatic amines is 1. The zero-order valence-electron chi connectivity index (χ0n) is 11.1. The molecule has 1 aliphatic rings. The van der Waals surface area contributed by atoms with Crippen LogP contribution in [0.4, 0.5) is 5.69 Å². The van der Waals surface area contributed by atoms with Crippen LogP contribution in [0.1, 0.15) is 5.56 Å². The third-order valence-corrected chi connectivity index (χ3v) is 3.18. The summed E-state index contributed by atoms with van der Waals surface area (Å²) >= 11 is 0. The van der Waals surface area contributed by atoms with Gasteiger partial charge in [0.15, 0.2) is 0 Å². The van der Waals surface area contributed by atoms with E-state index in [-0.39, 0.29) is 0 Å². The summed E-state index contributed by atoms with van der Waals surface area (Å²) in [4.78, 5) is 2.86. The van der Waals surface area contributed by atoms with Crippen molar-refractivity contribution in [3.05, 3.63) is 84.8 Å². The Morgan fingerprint density at radius 3 is 2.10 bits per heavy atom. The van der Waals surface area contributed by atoms with Crippen molar-refractivity contribution in [3.8, 4) is 11.1 Å². The number of rotatable bonds is 0. The monoisotopic (exact) mass is 260 g/mol. The van der Waals surface area contributed by atoms with Crippen LogP contribution in [0.5, 0.6) is 0 Å². The second kappa shape index (κ2) is 5.93. The molecule has 20 heavy (non-hydrogen) atoms. The molecule has 2 heterocycles. The van der Waals surface area contributed by atoms with Gasteiger partial charge in [-0.15, -0.1) is 0 Å². The summed E-state index contributed by atoms with van der Waals surface area (Å²) in [6, 6.07) is 20.7. The lowest BCUT2D eigenvalue weighted by molar-refractivity contribution is 1.42. The molecule has 2 N–H and O–H groups in total. The van der Waals surface area contributed by atoms with Gasteiger partial charge in [0, 0.05) is 29.8 Å². The van der Waals surface area contributed by atoms with E-state index in [2.05, 4.69) is 58.8 Å². The van der Waals surface area contributed by atoms with Crippen molar-refractivity contribution in [3.63, 3.8) is 0 Å². The molecule has 1 aliphatic heterocycles. The highest BCUT2D eigenvalue weighted by Gasteiger charge is 2.08. The Bertz CT molecular complexity index is 680. The Morgan fingerprint density at radius 2 is 1.35 bits per heavy atom. The van der Waals surface area contributed by atoms with Crippen LogP contribution in [-0.2, 0) is 0 Å². The van der Waals surface area contributed by atoms with Gasteiger partial charge in [-0.3, -0.25) is 0 Å². The lowest BCUT2D eigenvalue weighted by Crippen LogP contribution is -1.87. The van der Waals surface area contributed by atoms with Crippen LogP contribution in [0.25, 0.3) is 17.2 Å². The average molecular weight is 260 g/mol. The van der Waals surface area contributed by atoms with Crippen LogP contribution in [0.3, 0.4) is 0 Å². The van der Waals surface area contributed by atoms with Gasteiger partial charge in [-0.05, 0) is 35.4 Å². The highest BCUT2D eigenvalue weighted by molar-refractivity contribution is 5.86. The standard InChI is InChI=1S/C14H11N.C4H5N/c1-2-6-12-11(5-1)9-10-15-14-8-4-3-7-13(12)14;1-2-4-5-3-1/h1-10,15H;1-5H. The number of nitrogens with one attached hydrogen (secondary N) is 2. The molecule has 98 valence electrons. The van der Waals surface area contributed by atoms with Crippen molar-refractivity contribution in [1.82, 2.24) is 4.98 Å². The first-order valence-electron chi connectivity index (χ1n) is 6.64. The maximum Gasteiger partial charge on any atom is 0.0459 e. The number of para-hydroxylation sites is 1. The van der Waals surface area contributed by atoms with Gasteiger partial charge in [-0.25, -0.2) is 0 Å². The van der Waals surface area contributed by atoms with Crippen LogP contribution in [0, 0.1) is 0 Å². The van der Waals surface area contributed by atoms with Crippen LogP contribution in [0.15, 0.2) is 79.3 Å². The average Bonchev–Trinajstić information content (AvgIpc) is 3.03. The van der Waals surface area contributed by atoms with Crippen molar-refractivity contribution in [2.75, 3.05) is 5.32 Å². The van der Waals surface area contributed by atoms with E-state index in [4.69, 9.17) is 0 Å². The number of hydrogen-bond acceptors (Lipinski definition) is 1. The quantitative estimate of drug-likeness (QED) is 0.599. The molecular formula is C18H16N2. The molecule has 0 amide bonds. The van der Waals surface area contributed by atoms with Crippen LogP contribution in [0.2, 0.25) is 0 Å². The van der Waals surface area contributed by atoms with Crippen LogP contribution >= 0.6 is 0 Å². The van der Waals surface area contributed by atoms with E-state index in [1.165, 1.54) is 22.4 Å². The number of H-pyrrole nitrogens is 1. The Balaban J connectivity index is 0.000000205. The molecule has 0 spiro atoms. The van der Waals surface area contributed by atoms with E-state index in [1.807, 2.05) is 36.8 Å². The molecule has 0 saturated carbocycles. The fraction of sp³-hybridized carbons (Fsp3) is 0. The first-order valence-corrected chi connectivity index (χ1v) is 6.64. The molecule has 2 aromatic carbocycles. The maximum absolute atomic E-state index is 3.29. The fourth-order valence-corrected chi connectivity index (χ4v) is 2.23. The minimum absolute atomic E-state index is 1.17. The summed E-state index contributed by atoms with van der Waals surface area (Å²) in [7, 11) is 0. The summed E-state index contributed by atoms with van der Waals surface area (Å²) in [5, 5.41) is 3.29. The van der Waals surface area contributed by atoms with Crippen molar-refractivity contribution in [2.24, 2.45) is 0 Å². The van der Waals surface area contributed by atoms with Gasteiger partial charge in [0.1, 0.15) is 0 Å². The van der Waals surface area contributed by atoms with Gasteiger partial charge in [-0.2, -0.15) is 0 Å². The molecule has 2 nitrogen and oxygen atoms in total. The molecule has 0 unspecified atom stereocenters. The second-order valence-electron chi connectivity index (χ2n) is 4.50. The summed E-state index contributed by atoms with van der Waals surface area (Å²) in [6.07, 6.45) is 7.85. The van der Waals surface area contributed by atoms with E-state index < -0.39 is 0 Å². The number of hydrogen-bond donors (Lipinski definition) is 2. The van der Waals surface area contributed by atoms with E-state index in [1.54, 1.807) is 0 Å². The first-order chi connectivity index (χ1) is 9.95. The minimum atomic E-state index is 1.17. The molecule has 1 aromatic heterocycles. The summed E-state index contributed by atoms with van der Waals surface area (Å²) in [5.74, 6) is 0. The normalized spacial score (nSPS) is 11.2. The van der Waals surface area contributed by atoms with Gasteiger partial charge >= 0.3 is 0 Å². The molecule has 4 rings (SSSR count). The summed E-state index contributed by atoms with van der Waals surface area (Å²) < 4.78 is 0. The highest BCUT2D eigenvalue weighted by Crippen LogP contribution is 2.33. The SMILES string of the molecule is C1=Cc2ccccc2-c2ccccc2N1.c1cc[nH]c1. The first kappa shape index (κ1) is 12.3. The third-order valence-electron chi connectivity index (χ3n) is 3.18. The fourth-order valence-electron chi connectivity index (χ4n) is 2.23. The smallest absolute Gasteiger partial charge is 0.0459 e. The third kappa shape index (κ3) is 2.64. The Labute approximate surface area is 118 Å². The maximum atomic E-state index is 3.29. The molecule has 0 fully saturated rings. The number of anilines is 1. The van der Waals surface area contributed by atoms with E-state index >= 15 is 0 Å². The van der Waals surface area contributed by atoms with Crippen LogP contribution in [-0.4, -0.2) is 4.98 Å². The topological polar surface area (TPSA) is 27.8 Å². The lowest BCUT2D eigenvalue weighted by atomic mass is 9.99. The van der Waals surface area contributed by atoms with Crippen molar-refractivity contribution >= 4 is 11.8 Å². The van der Waals surface area contributed by atoms with Gasteiger partial charge in [0.2, 0.25) is 0 Å². The lowest BCUT2D eigenvalue weighted by Gasteiger charge is -2.08. The predicted octanol–water partition coefficient (Wildman–Crippen LogP) is 4.76. The van der Waals surface area contributed by atoms with E-state index in [0.717, 1.165) is 0 Å². The molecule has 0 atom stereocenters. The van der Waals surface area contributed by atoms with Crippen LogP contribution < -0.4 is 5.32 Å². The molecule has 0 radical (unpaired) electrons. The minimum Gasteiger partial charge on any atom is -0.368 e. The van der Waals surface area contributed by atoms with Crippen molar-refractivity contribution in [2.45, 2.75) is 0 Å². The van der Waals surface area contributed by atoms with Gasteiger partial charge < -0.3 is 10.3 Å². The largest absolute Gasteiger partial charge is 0.368 e. The Kier molecular flexibility index (Phi) is 3.65. The number of aromatic nitrogens is 1.